The van der Waals surface area contributed by atoms with Crippen LogP contribution in [-0.2, 0) is 0 Å². The lowest BCUT2D eigenvalue weighted by molar-refractivity contribution is 1.08. The first-order chi connectivity index (χ1) is 14.1. The van der Waals surface area contributed by atoms with Crippen molar-refractivity contribution in [2.45, 2.75) is 34.6 Å². The number of nitrogens with two attached hydrogens (primary N) is 1. The number of aryl methyl sites for hydroxylation is 1. The topological polar surface area (TPSA) is 76.7 Å². The number of fused-ring (bicyclic) bond motifs is 1. The van der Waals surface area contributed by atoms with Crippen molar-refractivity contribution in [1.29, 1.82) is 0 Å². The minimum atomic E-state index is 0.437. The van der Waals surface area contributed by atoms with Crippen molar-refractivity contribution in [1.82, 2.24) is 15.0 Å². The van der Waals surface area contributed by atoms with Crippen LogP contribution in [0.4, 0.5) is 11.8 Å². The molecule has 2 aromatic heterocycles. The second-order valence-electron chi connectivity index (χ2n) is 5.31. The third-order valence-corrected chi connectivity index (χ3v) is 5.47. The number of allylic oxidation sites excluding steroid dienone is 2. The lowest BCUT2D eigenvalue weighted by Gasteiger charge is -2.10. The Kier molecular flexibility index (Phi) is 11.0. The summed E-state index contributed by atoms with van der Waals surface area (Å²) >= 11 is 3.25. The van der Waals surface area contributed by atoms with E-state index >= 15 is 0 Å². The van der Waals surface area contributed by atoms with E-state index in [-0.39, 0.29) is 0 Å². The number of hydrogen-bond acceptors (Lipinski definition) is 7. The second kappa shape index (κ2) is 13.0. The Bertz CT molecular complexity index is 891. The molecule has 0 aliphatic heterocycles. The summed E-state index contributed by atoms with van der Waals surface area (Å²) in [5, 5.41) is 4.06. The van der Waals surface area contributed by atoms with Crippen LogP contribution in [0, 0.1) is 6.92 Å². The van der Waals surface area contributed by atoms with E-state index in [2.05, 4.69) is 32.9 Å². The Morgan fingerprint density at radius 2 is 1.86 bits per heavy atom. The Labute approximate surface area is 182 Å². The Balaban J connectivity index is 0.000000989. The van der Waals surface area contributed by atoms with Gasteiger partial charge in [0.15, 0.2) is 0 Å². The highest BCUT2D eigenvalue weighted by Crippen LogP contribution is 2.34. The first-order valence-corrected chi connectivity index (χ1v) is 11.8. The largest absolute Gasteiger partial charge is 0.383 e. The fraction of sp³-hybridized carbons (Fsp3) is 0.318. The molecule has 0 amide bonds. The van der Waals surface area contributed by atoms with Gasteiger partial charge in [0.25, 0.3) is 0 Å². The van der Waals surface area contributed by atoms with E-state index in [0.29, 0.717) is 18.3 Å². The van der Waals surface area contributed by atoms with Crippen molar-refractivity contribution in [3.05, 3.63) is 53.6 Å². The van der Waals surface area contributed by atoms with Gasteiger partial charge in [-0.25, -0.2) is 9.97 Å². The Morgan fingerprint density at radius 1 is 1.17 bits per heavy atom. The number of nitrogens with one attached hydrogen (secondary N) is 1. The number of rotatable bonds is 6. The lowest BCUT2D eigenvalue weighted by Crippen LogP contribution is -2.10. The van der Waals surface area contributed by atoms with Gasteiger partial charge in [-0.05, 0) is 25.3 Å². The maximum Gasteiger partial charge on any atom is 0.225 e. The van der Waals surface area contributed by atoms with Gasteiger partial charge >= 0.3 is 0 Å². The van der Waals surface area contributed by atoms with E-state index in [4.69, 9.17) is 5.73 Å². The monoisotopic (exact) mass is 429 g/mol. The van der Waals surface area contributed by atoms with Crippen LogP contribution < -0.4 is 11.1 Å². The molecule has 2 heterocycles. The van der Waals surface area contributed by atoms with Gasteiger partial charge in [0.2, 0.25) is 5.95 Å². The summed E-state index contributed by atoms with van der Waals surface area (Å²) < 4.78 is 1.12. The number of anilines is 2. The summed E-state index contributed by atoms with van der Waals surface area (Å²) in [6.45, 7) is 14.3. The van der Waals surface area contributed by atoms with E-state index in [1.54, 1.807) is 29.2 Å². The molecular weight excluding hydrogens is 398 g/mol. The van der Waals surface area contributed by atoms with Crippen LogP contribution in [0.2, 0.25) is 0 Å². The molecule has 0 saturated carbocycles. The van der Waals surface area contributed by atoms with Gasteiger partial charge < -0.3 is 11.1 Å². The van der Waals surface area contributed by atoms with Crippen molar-refractivity contribution in [3.63, 3.8) is 0 Å². The van der Waals surface area contributed by atoms with Gasteiger partial charge in [-0.3, -0.25) is 0 Å². The highest BCUT2D eigenvalue weighted by Gasteiger charge is 2.15. The number of aromatic nitrogens is 3. The zero-order chi connectivity index (χ0) is 21.8. The fourth-order valence-electron chi connectivity index (χ4n) is 2.41. The van der Waals surface area contributed by atoms with E-state index in [1.807, 2.05) is 65.1 Å². The summed E-state index contributed by atoms with van der Waals surface area (Å²) in [6, 6.07) is 8.03. The molecule has 3 rings (SSSR count). The normalized spacial score (nSPS) is 10.5. The average Bonchev–Trinajstić information content (AvgIpc) is 3.17. The van der Waals surface area contributed by atoms with Crippen LogP contribution in [0.1, 0.15) is 33.4 Å². The standard InChI is InChI=1S/C18H19N5S2.2C2H6/c1-4-7-12(24-3)10-20-18-21-11(2)15(16(19)23-18)17-22-13-8-5-6-9-14(13)25-17;2*1-2/h4-9H,1,10H2,2-3H3,(H3,19,20,21,23);2*1-2H3/b12-7-;;. The summed E-state index contributed by atoms with van der Waals surface area (Å²) in [6.07, 6.45) is 5.75. The second-order valence-corrected chi connectivity index (χ2v) is 7.27. The molecule has 3 aromatic rings. The van der Waals surface area contributed by atoms with Crippen LogP contribution in [0.3, 0.4) is 0 Å². The molecular formula is C22H31N5S2. The number of hydrogen-bond donors (Lipinski definition) is 2. The lowest BCUT2D eigenvalue weighted by atomic mass is 10.2. The number of benzene rings is 1. The van der Waals surface area contributed by atoms with Crippen LogP contribution in [0.5, 0.6) is 0 Å². The van der Waals surface area contributed by atoms with Crippen molar-refractivity contribution in [2.24, 2.45) is 0 Å². The van der Waals surface area contributed by atoms with Crippen molar-refractivity contribution in [3.8, 4) is 10.6 Å². The molecule has 0 aliphatic rings. The first kappa shape index (κ1) is 24.7. The molecule has 0 saturated heterocycles. The predicted molar refractivity (Wildman–Crippen MR) is 133 cm³/mol. The number of para-hydroxylation sites is 1. The molecule has 0 spiro atoms. The summed E-state index contributed by atoms with van der Waals surface area (Å²) in [5.74, 6) is 0.955. The first-order valence-electron chi connectivity index (χ1n) is 9.72. The summed E-state index contributed by atoms with van der Waals surface area (Å²) in [4.78, 5) is 14.8. The molecule has 7 heteroatoms. The third-order valence-electron chi connectivity index (χ3n) is 3.61. The molecule has 0 radical (unpaired) electrons. The van der Waals surface area contributed by atoms with E-state index in [1.165, 1.54) is 0 Å². The van der Waals surface area contributed by atoms with Gasteiger partial charge in [-0.2, -0.15) is 4.98 Å². The van der Waals surface area contributed by atoms with Gasteiger partial charge in [-0.1, -0.05) is 58.6 Å². The molecule has 0 fully saturated rings. The molecule has 0 unspecified atom stereocenters. The maximum atomic E-state index is 6.21. The summed E-state index contributed by atoms with van der Waals surface area (Å²) in [7, 11) is 0. The molecule has 29 heavy (non-hydrogen) atoms. The number of nitrogens with zero attached hydrogens (tertiary/aromatic N) is 3. The van der Waals surface area contributed by atoms with E-state index in [0.717, 1.165) is 31.4 Å². The molecule has 156 valence electrons. The quantitative estimate of drug-likeness (QED) is 0.433. The zero-order valence-corrected chi connectivity index (χ0v) is 19.7. The Morgan fingerprint density at radius 3 is 2.45 bits per heavy atom. The van der Waals surface area contributed by atoms with Crippen LogP contribution in [0.15, 0.2) is 47.9 Å². The Hall–Kier alpha value is -2.38. The molecule has 0 bridgehead atoms. The smallest absolute Gasteiger partial charge is 0.225 e. The van der Waals surface area contributed by atoms with Gasteiger partial charge in [-0.15, -0.1) is 23.1 Å². The van der Waals surface area contributed by atoms with Crippen molar-refractivity contribution < 1.29 is 0 Å². The van der Waals surface area contributed by atoms with E-state index in [9.17, 15) is 0 Å². The van der Waals surface area contributed by atoms with Gasteiger partial charge in [0.05, 0.1) is 21.5 Å². The highest BCUT2D eigenvalue weighted by atomic mass is 32.2. The van der Waals surface area contributed by atoms with Gasteiger partial charge in [0, 0.05) is 11.4 Å². The van der Waals surface area contributed by atoms with E-state index < -0.39 is 0 Å². The third kappa shape index (κ3) is 6.58. The van der Waals surface area contributed by atoms with Gasteiger partial charge in [0.1, 0.15) is 10.8 Å². The SMILES string of the molecule is C=C/C=C(/CNc1nc(C)c(-c2nc3ccccc3s2)c(N)n1)SC.CC.CC. The highest BCUT2D eigenvalue weighted by molar-refractivity contribution is 8.02. The maximum absolute atomic E-state index is 6.21. The fourth-order valence-corrected chi connectivity index (χ4v) is 3.93. The zero-order valence-electron chi connectivity index (χ0n) is 18.1. The minimum absolute atomic E-state index is 0.437. The molecule has 0 atom stereocenters. The van der Waals surface area contributed by atoms with Crippen LogP contribution in [-0.4, -0.2) is 27.8 Å². The molecule has 5 nitrogen and oxygen atoms in total. The van der Waals surface area contributed by atoms with Crippen molar-refractivity contribution >= 4 is 45.1 Å². The number of nitrogen functional groups attached to an aromatic ring is 1. The predicted octanol–water partition coefficient (Wildman–Crippen LogP) is 6.54. The molecule has 3 N–H and O–H groups in total. The molecule has 1 aromatic carbocycles. The average molecular weight is 430 g/mol. The number of thiazole rings is 1. The van der Waals surface area contributed by atoms with Crippen LogP contribution >= 0.6 is 23.1 Å². The van der Waals surface area contributed by atoms with Crippen molar-refractivity contribution in [2.75, 3.05) is 23.9 Å². The minimum Gasteiger partial charge on any atom is -0.383 e. The molecule has 0 aliphatic carbocycles. The summed E-state index contributed by atoms with van der Waals surface area (Å²) in [5.41, 5.74) is 8.79. The number of thioether (sulfide) groups is 1. The van der Waals surface area contributed by atoms with Crippen LogP contribution in [0.25, 0.3) is 20.8 Å².